The molecule has 5 nitrogen and oxygen atoms in total. The quantitative estimate of drug-likeness (QED) is 0.711. The monoisotopic (exact) mass is 392 g/mol. The van der Waals surface area contributed by atoms with Crippen LogP contribution < -0.4 is 10.6 Å². The molecule has 3 heterocycles. The van der Waals surface area contributed by atoms with Gasteiger partial charge in [0.2, 0.25) is 0 Å². The Morgan fingerprint density at radius 1 is 0.571 bits per heavy atom. The molecular formula is C22H21ClN4O. The molecule has 1 aromatic heterocycles. The number of aliphatic imine (C=N–C) groups is 2. The van der Waals surface area contributed by atoms with E-state index in [1.54, 1.807) is 0 Å². The molecule has 5 rings (SSSR count). The van der Waals surface area contributed by atoms with E-state index in [0.29, 0.717) is 0 Å². The van der Waals surface area contributed by atoms with Crippen LogP contribution in [0.15, 0.2) is 75.1 Å². The fourth-order valence-corrected chi connectivity index (χ4v) is 3.42. The van der Waals surface area contributed by atoms with Crippen molar-refractivity contribution in [3.05, 3.63) is 71.8 Å². The summed E-state index contributed by atoms with van der Waals surface area (Å²) in [6, 6.07) is 20.7. The standard InChI is InChI=1S/C22H20N4O.ClH/c1-5-17(21-23-11-12-24-21)6-2-15(1)19-9-10-20(27-19)16-3-7-18(8-4-16)22-25-13-14-26-22;/h1-10H,11-14H2,(H,23,24)(H,25,26);1H. The normalized spacial score (nSPS) is 15.3. The van der Waals surface area contributed by atoms with Gasteiger partial charge in [-0.25, -0.2) is 0 Å². The number of benzene rings is 2. The van der Waals surface area contributed by atoms with Crippen LogP contribution in [0.1, 0.15) is 11.1 Å². The molecule has 2 N–H and O–H groups in total. The first-order valence-electron chi connectivity index (χ1n) is 9.25. The van der Waals surface area contributed by atoms with Gasteiger partial charge >= 0.3 is 0 Å². The van der Waals surface area contributed by atoms with Crippen molar-refractivity contribution < 1.29 is 4.42 Å². The van der Waals surface area contributed by atoms with Crippen molar-refractivity contribution in [2.75, 3.05) is 26.2 Å². The average molecular weight is 393 g/mol. The largest absolute Gasteiger partial charge is 0.456 e. The van der Waals surface area contributed by atoms with Gasteiger partial charge in [-0.3, -0.25) is 9.98 Å². The van der Waals surface area contributed by atoms with Gasteiger partial charge in [0.05, 0.1) is 13.1 Å². The van der Waals surface area contributed by atoms with Crippen molar-refractivity contribution in [1.29, 1.82) is 0 Å². The van der Waals surface area contributed by atoms with Gasteiger partial charge in [-0.2, -0.15) is 0 Å². The molecule has 0 saturated carbocycles. The summed E-state index contributed by atoms with van der Waals surface area (Å²) in [5.74, 6) is 3.68. The van der Waals surface area contributed by atoms with Crippen molar-refractivity contribution in [3.63, 3.8) is 0 Å². The molecule has 2 aliphatic rings. The van der Waals surface area contributed by atoms with E-state index >= 15 is 0 Å². The molecule has 6 heteroatoms. The number of nitrogens with zero attached hydrogens (tertiary/aromatic N) is 2. The SMILES string of the molecule is Cl.c1cc(-c2ccc(-c3ccc(C4=NCCN4)cc3)o2)ccc1C1=NCCN1. The first kappa shape index (κ1) is 18.3. The summed E-state index contributed by atoms with van der Waals surface area (Å²) in [5.41, 5.74) is 4.35. The smallest absolute Gasteiger partial charge is 0.134 e. The minimum atomic E-state index is 0. The Labute approximate surface area is 170 Å². The van der Waals surface area contributed by atoms with E-state index in [1.807, 2.05) is 12.1 Å². The molecule has 0 radical (unpaired) electrons. The maximum absolute atomic E-state index is 6.09. The Morgan fingerprint density at radius 2 is 0.964 bits per heavy atom. The van der Waals surface area contributed by atoms with Crippen LogP contribution in [0.2, 0.25) is 0 Å². The lowest BCUT2D eigenvalue weighted by Crippen LogP contribution is -2.19. The maximum atomic E-state index is 6.09. The van der Waals surface area contributed by atoms with E-state index in [2.05, 4.69) is 69.1 Å². The van der Waals surface area contributed by atoms with E-state index in [0.717, 1.165) is 71.6 Å². The van der Waals surface area contributed by atoms with Gasteiger partial charge in [-0.05, 0) is 12.1 Å². The van der Waals surface area contributed by atoms with Gasteiger partial charge in [0.1, 0.15) is 23.2 Å². The van der Waals surface area contributed by atoms with Gasteiger partial charge in [0.25, 0.3) is 0 Å². The summed E-state index contributed by atoms with van der Waals surface area (Å²) in [4.78, 5) is 8.91. The summed E-state index contributed by atoms with van der Waals surface area (Å²) in [6.45, 7) is 3.53. The van der Waals surface area contributed by atoms with Crippen molar-refractivity contribution in [3.8, 4) is 22.6 Å². The summed E-state index contributed by atoms with van der Waals surface area (Å²) < 4.78 is 6.09. The molecule has 2 aliphatic heterocycles. The number of furan rings is 1. The molecule has 0 spiro atoms. The van der Waals surface area contributed by atoms with Crippen molar-refractivity contribution >= 4 is 24.1 Å². The van der Waals surface area contributed by atoms with E-state index in [1.165, 1.54) is 0 Å². The fourth-order valence-electron chi connectivity index (χ4n) is 3.42. The summed E-state index contributed by atoms with van der Waals surface area (Å²) in [7, 11) is 0. The summed E-state index contributed by atoms with van der Waals surface area (Å²) in [6.07, 6.45) is 0. The highest BCUT2D eigenvalue weighted by Gasteiger charge is 2.11. The van der Waals surface area contributed by atoms with Crippen LogP contribution in [0, 0.1) is 0 Å². The van der Waals surface area contributed by atoms with Crippen LogP contribution in [0.25, 0.3) is 22.6 Å². The van der Waals surface area contributed by atoms with Gasteiger partial charge in [-0.1, -0.05) is 48.5 Å². The Bertz CT molecular complexity index is 937. The molecule has 0 unspecified atom stereocenters. The number of nitrogens with one attached hydrogen (secondary N) is 2. The zero-order valence-electron chi connectivity index (χ0n) is 15.3. The van der Waals surface area contributed by atoms with E-state index in [-0.39, 0.29) is 12.4 Å². The number of rotatable bonds is 4. The Hall–Kier alpha value is -3.05. The lowest BCUT2D eigenvalue weighted by molar-refractivity contribution is 0.597. The van der Waals surface area contributed by atoms with E-state index in [9.17, 15) is 0 Å². The summed E-state index contributed by atoms with van der Waals surface area (Å²) in [5, 5.41) is 6.59. The highest BCUT2D eigenvalue weighted by Crippen LogP contribution is 2.29. The Balaban J connectivity index is 0.00000192. The lowest BCUT2D eigenvalue weighted by atomic mass is 10.1. The van der Waals surface area contributed by atoms with Crippen LogP contribution >= 0.6 is 12.4 Å². The molecule has 0 fully saturated rings. The average Bonchev–Trinajstić information content (AvgIpc) is 3.51. The van der Waals surface area contributed by atoms with E-state index in [4.69, 9.17) is 4.42 Å². The summed E-state index contributed by atoms with van der Waals surface area (Å²) >= 11 is 0. The topological polar surface area (TPSA) is 61.9 Å². The molecule has 142 valence electrons. The van der Waals surface area contributed by atoms with Crippen LogP contribution in [0.4, 0.5) is 0 Å². The first-order chi connectivity index (χ1) is 13.4. The highest BCUT2D eigenvalue weighted by molar-refractivity contribution is 6.00. The van der Waals surface area contributed by atoms with Crippen LogP contribution in [-0.2, 0) is 0 Å². The van der Waals surface area contributed by atoms with Crippen LogP contribution in [0.3, 0.4) is 0 Å². The molecule has 2 aromatic carbocycles. The fraction of sp³-hybridized carbons (Fsp3) is 0.182. The van der Waals surface area contributed by atoms with Crippen LogP contribution in [-0.4, -0.2) is 37.9 Å². The number of hydrogen-bond donors (Lipinski definition) is 2. The predicted octanol–water partition coefficient (Wildman–Crippen LogP) is 3.74. The Morgan fingerprint density at radius 3 is 1.32 bits per heavy atom. The second-order valence-corrected chi connectivity index (χ2v) is 6.63. The van der Waals surface area contributed by atoms with Gasteiger partial charge in [0, 0.05) is 35.3 Å². The van der Waals surface area contributed by atoms with E-state index < -0.39 is 0 Å². The molecule has 0 amide bonds. The minimum absolute atomic E-state index is 0. The van der Waals surface area contributed by atoms with Gasteiger partial charge < -0.3 is 15.1 Å². The number of amidine groups is 2. The van der Waals surface area contributed by atoms with Crippen molar-refractivity contribution in [2.45, 2.75) is 0 Å². The zero-order chi connectivity index (χ0) is 18.1. The third-order valence-electron chi connectivity index (χ3n) is 4.84. The molecule has 0 atom stereocenters. The predicted molar refractivity (Wildman–Crippen MR) is 116 cm³/mol. The van der Waals surface area contributed by atoms with Crippen molar-refractivity contribution in [1.82, 2.24) is 10.6 Å². The highest BCUT2D eigenvalue weighted by atomic mass is 35.5. The first-order valence-corrected chi connectivity index (χ1v) is 9.25. The number of halogens is 1. The van der Waals surface area contributed by atoms with Gasteiger partial charge in [0.15, 0.2) is 0 Å². The second kappa shape index (κ2) is 7.90. The van der Waals surface area contributed by atoms with Gasteiger partial charge in [-0.15, -0.1) is 12.4 Å². The third-order valence-corrected chi connectivity index (χ3v) is 4.84. The third kappa shape index (κ3) is 3.53. The zero-order valence-corrected chi connectivity index (χ0v) is 16.1. The Kier molecular flexibility index (Phi) is 5.17. The van der Waals surface area contributed by atoms with Crippen LogP contribution in [0.5, 0.6) is 0 Å². The molecular weight excluding hydrogens is 372 g/mol. The lowest BCUT2D eigenvalue weighted by Gasteiger charge is -2.04. The minimum Gasteiger partial charge on any atom is -0.456 e. The number of hydrogen-bond acceptors (Lipinski definition) is 5. The second-order valence-electron chi connectivity index (χ2n) is 6.63. The molecule has 0 bridgehead atoms. The molecule has 0 saturated heterocycles. The molecule has 0 aliphatic carbocycles. The maximum Gasteiger partial charge on any atom is 0.134 e. The van der Waals surface area contributed by atoms with Crippen molar-refractivity contribution in [2.24, 2.45) is 9.98 Å². The molecule has 28 heavy (non-hydrogen) atoms. The molecule has 3 aromatic rings.